The van der Waals surface area contributed by atoms with E-state index in [1.54, 1.807) is 0 Å². The van der Waals surface area contributed by atoms with Crippen LogP contribution < -0.4 is 0 Å². The van der Waals surface area contributed by atoms with E-state index in [0.29, 0.717) is 12.7 Å². The first-order chi connectivity index (χ1) is 4.13. The summed E-state index contributed by atoms with van der Waals surface area (Å²) in [5.74, 6) is 0. The van der Waals surface area contributed by atoms with Crippen LogP contribution in [0.25, 0.3) is 0 Å². The van der Waals surface area contributed by atoms with E-state index in [-0.39, 0.29) is 0 Å². The number of rotatable bonds is 2. The van der Waals surface area contributed by atoms with Crippen molar-refractivity contribution in [3.05, 3.63) is 0 Å². The van der Waals surface area contributed by atoms with Gasteiger partial charge >= 0.3 is 54.4 Å². The predicted molar refractivity (Wildman–Crippen MR) is 30.4 cm³/mol. The van der Waals surface area contributed by atoms with Crippen LogP contribution in [0.4, 0.5) is 0 Å². The molecule has 0 N–H and O–H groups in total. The zero-order chi connectivity index (χ0) is 7.28. The molecule has 0 spiro atoms. The molecule has 0 aliphatic heterocycles. The van der Waals surface area contributed by atoms with E-state index in [9.17, 15) is 16.8 Å². The summed E-state index contributed by atoms with van der Waals surface area (Å²) in [7, 11) is -4.97. The van der Waals surface area contributed by atoms with Gasteiger partial charge in [-0.05, 0) is 0 Å². The van der Waals surface area contributed by atoms with Crippen LogP contribution in [-0.2, 0) is 24.8 Å². The van der Waals surface area contributed by atoms with Crippen LogP contribution in [0.1, 0.15) is 0 Å². The summed E-state index contributed by atoms with van der Waals surface area (Å²) in [5, 5.41) is 0. The van der Waals surface area contributed by atoms with Gasteiger partial charge in [0.15, 0.2) is 0 Å². The molecule has 0 aromatic heterocycles. The zero-order valence-corrected chi connectivity index (χ0v) is 5.65. The molecule has 9 heteroatoms. The van der Waals surface area contributed by atoms with E-state index in [0.717, 1.165) is 0 Å². The Kier molecular flexibility index (Phi) is 4.46. The Bertz CT molecular complexity index is 266. The molecule has 0 saturated carbocycles. The SMILES string of the molecule is O=S(=O)=BOB=S(=O)=O. The molecular weight excluding hydrogens is 166 g/mol. The Morgan fingerprint density at radius 3 is 1.44 bits per heavy atom. The van der Waals surface area contributed by atoms with E-state index in [4.69, 9.17) is 0 Å². The Morgan fingerprint density at radius 1 is 0.889 bits per heavy atom. The first-order valence-corrected chi connectivity index (χ1v) is 3.89. The van der Waals surface area contributed by atoms with Crippen molar-refractivity contribution in [2.45, 2.75) is 0 Å². The van der Waals surface area contributed by atoms with Crippen molar-refractivity contribution >= 4 is 33.0 Å². The fourth-order valence-corrected chi connectivity index (χ4v) is 0.476. The second-order valence-corrected chi connectivity index (χ2v) is 2.28. The van der Waals surface area contributed by atoms with Crippen molar-refractivity contribution in [2.24, 2.45) is 0 Å². The Morgan fingerprint density at radius 2 is 1.22 bits per heavy atom. The molecule has 0 amide bonds. The third-order valence-corrected chi connectivity index (χ3v) is 0.805. The topological polar surface area (TPSA) is 77.5 Å². The minimum absolute atomic E-state index is 0.357. The molecule has 0 aliphatic rings. The second-order valence-electron chi connectivity index (χ2n) is 0.850. The fourth-order valence-electron chi connectivity index (χ4n) is 0.113. The molecule has 0 rings (SSSR count). The zero-order valence-electron chi connectivity index (χ0n) is 4.01. The molecule has 48 valence electrons. The summed E-state index contributed by atoms with van der Waals surface area (Å²) in [6.45, 7) is 0. The van der Waals surface area contributed by atoms with Crippen molar-refractivity contribution in [3.63, 3.8) is 0 Å². The Labute approximate surface area is 55.0 Å². The van der Waals surface area contributed by atoms with Gasteiger partial charge in [0.1, 0.15) is 0 Å². The van der Waals surface area contributed by atoms with Gasteiger partial charge in [-0.25, -0.2) is 0 Å². The number of hydrogen-bond donors (Lipinski definition) is 0. The van der Waals surface area contributed by atoms with Crippen LogP contribution in [0.5, 0.6) is 0 Å². The first kappa shape index (κ1) is 8.73. The Hall–Kier alpha value is -0.270. The molecule has 0 heterocycles. The average molecular weight is 166 g/mol. The van der Waals surface area contributed by atoms with Crippen LogP contribution >= 0.6 is 0 Å². The summed E-state index contributed by atoms with van der Waals surface area (Å²) in [6.07, 6.45) is 0.714. The average Bonchev–Trinajstić information content (AvgIpc) is 1.63. The third-order valence-electron chi connectivity index (χ3n) is 0.268. The summed E-state index contributed by atoms with van der Waals surface area (Å²) < 4.78 is 42.2. The summed E-state index contributed by atoms with van der Waals surface area (Å²) in [5.41, 5.74) is 0. The van der Waals surface area contributed by atoms with Gasteiger partial charge in [-0.15, -0.1) is 0 Å². The maximum absolute atomic E-state index is 9.58. The molecule has 0 aromatic rings. The van der Waals surface area contributed by atoms with E-state index < -0.39 is 20.3 Å². The fraction of sp³-hybridized carbons (Fsp3) is 0. The van der Waals surface area contributed by atoms with Gasteiger partial charge in [-0.3, -0.25) is 0 Å². The van der Waals surface area contributed by atoms with Gasteiger partial charge in [0.2, 0.25) is 0 Å². The van der Waals surface area contributed by atoms with Crippen LogP contribution in [-0.4, -0.2) is 29.6 Å². The summed E-state index contributed by atoms with van der Waals surface area (Å²) in [4.78, 5) is 0. The van der Waals surface area contributed by atoms with Crippen LogP contribution in [0.2, 0.25) is 0 Å². The van der Waals surface area contributed by atoms with Crippen molar-refractivity contribution in [1.82, 2.24) is 0 Å². The van der Waals surface area contributed by atoms with Crippen LogP contribution in [0.15, 0.2) is 0 Å². The van der Waals surface area contributed by atoms with Crippen molar-refractivity contribution in [3.8, 4) is 0 Å². The van der Waals surface area contributed by atoms with Crippen molar-refractivity contribution < 1.29 is 21.4 Å². The van der Waals surface area contributed by atoms with E-state index in [1.165, 1.54) is 0 Å². The first-order valence-electron chi connectivity index (χ1n) is 1.61. The maximum atomic E-state index is 9.58. The van der Waals surface area contributed by atoms with E-state index in [1.807, 2.05) is 0 Å². The molecule has 0 aliphatic carbocycles. The summed E-state index contributed by atoms with van der Waals surface area (Å²) >= 11 is 0. The Balaban J connectivity index is 4.14. The van der Waals surface area contributed by atoms with Gasteiger partial charge in [0.25, 0.3) is 0 Å². The van der Waals surface area contributed by atoms with Crippen molar-refractivity contribution in [2.75, 3.05) is 0 Å². The van der Waals surface area contributed by atoms with E-state index in [2.05, 4.69) is 4.57 Å². The standard InChI is InChI=1S/B2O5S2/c3-8(4)1-7-2-9(5)6. The monoisotopic (exact) mass is 166 g/mol. The van der Waals surface area contributed by atoms with E-state index >= 15 is 0 Å². The molecule has 0 atom stereocenters. The number of hydrogen-bond acceptors (Lipinski definition) is 5. The molecule has 0 bridgehead atoms. The van der Waals surface area contributed by atoms with Crippen LogP contribution in [0, 0.1) is 0 Å². The normalized spacial score (nSPS) is 7.11. The van der Waals surface area contributed by atoms with Gasteiger partial charge in [-0.2, -0.15) is 0 Å². The second kappa shape index (κ2) is 4.59. The molecule has 0 fully saturated rings. The van der Waals surface area contributed by atoms with Gasteiger partial charge < -0.3 is 0 Å². The van der Waals surface area contributed by atoms with Crippen molar-refractivity contribution in [1.29, 1.82) is 0 Å². The summed E-state index contributed by atoms with van der Waals surface area (Å²) in [6, 6.07) is 0. The molecule has 0 aromatic carbocycles. The van der Waals surface area contributed by atoms with Gasteiger partial charge in [0.05, 0.1) is 0 Å². The molecule has 0 radical (unpaired) electrons. The van der Waals surface area contributed by atoms with Gasteiger partial charge in [0, 0.05) is 0 Å². The van der Waals surface area contributed by atoms with Gasteiger partial charge in [-0.1, -0.05) is 0 Å². The molecule has 9 heavy (non-hydrogen) atoms. The minimum atomic E-state index is -2.48. The molecular formula is B2O5S2. The quantitative estimate of drug-likeness (QED) is 0.436. The molecule has 0 saturated heterocycles. The van der Waals surface area contributed by atoms with Crippen LogP contribution in [0.3, 0.4) is 0 Å². The predicted octanol–water partition coefficient (Wildman–Crippen LogP) is -2.17. The molecule has 0 unspecified atom stereocenters. The molecule has 5 nitrogen and oxygen atoms in total. The third kappa shape index (κ3) is 7.73.